The predicted molar refractivity (Wildman–Crippen MR) is 62.3 cm³/mol. The zero-order valence-electron chi connectivity index (χ0n) is 8.56. The van der Waals surface area contributed by atoms with Gasteiger partial charge in [0.15, 0.2) is 5.96 Å². The van der Waals surface area contributed by atoms with Crippen LogP contribution in [0.4, 0.5) is 5.69 Å². The minimum Gasteiger partial charge on any atom is -0.497 e. The summed E-state index contributed by atoms with van der Waals surface area (Å²) in [6.45, 7) is 0. The molecule has 5 nitrogen and oxygen atoms in total. The van der Waals surface area contributed by atoms with Crippen LogP contribution in [-0.4, -0.2) is 20.2 Å². The zero-order chi connectivity index (χ0) is 10.6. The molecule has 0 fully saturated rings. The van der Waals surface area contributed by atoms with Gasteiger partial charge in [0.2, 0.25) is 0 Å². The van der Waals surface area contributed by atoms with Crippen LogP contribution in [0, 0.1) is 0 Å². The lowest BCUT2D eigenvalue weighted by Crippen LogP contribution is -2.21. The van der Waals surface area contributed by atoms with Gasteiger partial charge in [0.25, 0.3) is 0 Å². The van der Waals surface area contributed by atoms with E-state index < -0.39 is 0 Å². The largest absolute Gasteiger partial charge is 0.497 e. The topological polar surface area (TPSA) is 82.9 Å². The van der Waals surface area contributed by atoms with E-state index in [-0.39, 0.29) is 18.4 Å². The number of hydrogen-bond acceptors (Lipinski definition) is 3. The third-order valence-corrected chi connectivity index (χ3v) is 1.64. The fourth-order valence-corrected chi connectivity index (χ4v) is 1.02. The lowest BCUT2D eigenvalue weighted by Gasteiger charge is -2.06. The van der Waals surface area contributed by atoms with Gasteiger partial charge in [-0.1, -0.05) is 0 Å². The fraction of sp³-hybridized carbons (Fsp3) is 0.222. The molecule has 0 unspecified atom stereocenters. The van der Waals surface area contributed by atoms with E-state index in [1.807, 2.05) is 0 Å². The Bertz CT molecular complexity index is 351. The van der Waals surface area contributed by atoms with Crippen molar-refractivity contribution in [1.29, 1.82) is 0 Å². The number of aliphatic imine (C=N–C) groups is 1. The van der Waals surface area contributed by atoms with E-state index in [0.29, 0.717) is 17.2 Å². The number of methoxy groups -OCH3 is 2. The molecule has 0 bridgehead atoms. The maximum absolute atomic E-state index is 5.27. The Hall–Kier alpha value is -1.62. The number of rotatable bonds is 3. The second-order valence-electron chi connectivity index (χ2n) is 2.57. The number of hydrogen-bond donors (Lipinski definition) is 2. The van der Waals surface area contributed by atoms with Crippen LogP contribution in [-0.2, 0) is 0 Å². The van der Waals surface area contributed by atoms with E-state index in [1.165, 1.54) is 0 Å². The van der Waals surface area contributed by atoms with Crippen LogP contribution in [0.25, 0.3) is 0 Å². The van der Waals surface area contributed by atoms with Gasteiger partial charge >= 0.3 is 0 Å². The first-order valence-electron chi connectivity index (χ1n) is 3.99. The molecule has 6 heteroatoms. The summed E-state index contributed by atoms with van der Waals surface area (Å²) in [5, 5.41) is 0. The highest BCUT2D eigenvalue weighted by atomic mass is 35.5. The Morgan fingerprint density at radius 1 is 1.20 bits per heavy atom. The van der Waals surface area contributed by atoms with Crippen LogP contribution in [0.3, 0.4) is 0 Å². The van der Waals surface area contributed by atoms with E-state index in [2.05, 4.69) is 4.99 Å². The van der Waals surface area contributed by atoms with Crippen molar-refractivity contribution in [2.45, 2.75) is 0 Å². The minimum absolute atomic E-state index is 0. The Balaban J connectivity index is 0.00000196. The first kappa shape index (κ1) is 13.4. The minimum atomic E-state index is -0.0171. The summed E-state index contributed by atoms with van der Waals surface area (Å²) in [5.74, 6) is 1.25. The average molecular weight is 232 g/mol. The first-order valence-corrected chi connectivity index (χ1v) is 3.99. The van der Waals surface area contributed by atoms with E-state index in [0.717, 1.165) is 0 Å². The molecular weight excluding hydrogens is 218 g/mol. The smallest absolute Gasteiger partial charge is 0.191 e. The molecular formula is C9H14ClN3O2. The van der Waals surface area contributed by atoms with Crippen molar-refractivity contribution in [3.8, 4) is 11.5 Å². The highest BCUT2D eigenvalue weighted by Gasteiger charge is 2.03. The van der Waals surface area contributed by atoms with Crippen molar-refractivity contribution in [3.05, 3.63) is 18.2 Å². The highest BCUT2D eigenvalue weighted by Crippen LogP contribution is 2.31. The third kappa shape index (κ3) is 3.55. The second-order valence-corrected chi connectivity index (χ2v) is 2.57. The maximum Gasteiger partial charge on any atom is 0.191 e. The quantitative estimate of drug-likeness (QED) is 0.601. The summed E-state index contributed by atoms with van der Waals surface area (Å²) in [4.78, 5) is 3.91. The fourth-order valence-electron chi connectivity index (χ4n) is 1.02. The molecule has 0 aliphatic heterocycles. The molecule has 0 radical (unpaired) electrons. The van der Waals surface area contributed by atoms with Crippen LogP contribution >= 0.6 is 12.4 Å². The molecule has 0 aliphatic carbocycles. The molecule has 0 saturated heterocycles. The zero-order valence-corrected chi connectivity index (χ0v) is 9.38. The molecule has 0 spiro atoms. The maximum atomic E-state index is 5.27. The van der Waals surface area contributed by atoms with Crippen molar-refractivity contribution >= 4 is 24.1 Å². The Morgan fingerprint density at radius 3 is 2.33 bits per heavy atom. The molecule has 15 heavy (non-hydrogen) atoms. The van der Waals surface area contributed by atoms with Crippen molar-refractivity contribution in [1.82, 2.24) is 0 Å². The molecule has 84 valence electrons. The summed E-state index contributed by atoms with van der Waals surface area (Å²) < 4.78 is 10.1. The van der Waals surface area contributed by atoms with Gasteiger partial charge in [0.05, 0.1) is 14.2 Å². The van der Waals surface area contributed by atoms with Gasteiger partial charge in [-0.25, -0.2) is 4.99 Å². The SMILES string of the molecule is COc1ccc(OC)c(N=C(N)N)c1.Cl. The molecule has 0 atom stereocenters. The molecule has 1 aromatic carbocycles. The first-order chi connectivity index (χ1) is 6.67. The van der Waals surface area contributed by atoms with Crippen LogP contribution in [0.15, 0.2) is 23.2 Å². The number of halogens is 1. The van der Waals surface area contributed by atoms with Crippen LogP contribution < -0.4 is 20.9 Å². The molecule has 4 N–H and O–H groups in total. The van der Waals surface area contributed by atoms with Gasteiger partial charge in [-0.2, -0.15) is 0 Å². The number of guanidine groups is 1. The van der Waals surface area contributed by atoms with Crippen LogP contribution in [0.2, 0.25) is 0 Å². The molecule has 0 aromatic heterocycles. The van der Waals surface area contributed by atoms with E-state index in [4.69, 9.17) is 20.9 Å². The van der Waals surface area contributed by atoms with Gasteiger partial charge in [-0.3, -0.25) is 0 Å². The Morgan fingerprint density at radius 2 is 1.87 bits per heavy atom. The summed E-state index contributed by atoms with van der Waals surface area (Å²) >= 11 is 0. The van der Waals surface area contributed by atoms with E-state index in [1.54, 1.807) is 32.4 Å². The Labute approximate surface area is 94.5 Å². The van der Waals surface area contributed by atoms with Crippen molar-refractivity contribution in [2.24, 2.45) is 16.5 Å². The molecule has 0 heterocycles. The van der Waals surface area contributed by atoms with E-state index in [9.17, 15) is 0 Å². The van der Waals surface area contributed by atoms with Crippen molar-refractivity contribution in [2.75, 3.05) is 14.2 Å². The number of benzene rings is 1. The third-order valence-electron chi connectivity index (χ3n) is 1.64. The van der Waals surface area contributed by atoms with Gasteiger partial charge < -0.3 is 20.9 Å². The van der Waals surface area contributed by atoms with Crippen LogP contribution in [0.1, 0.15) is 0 Å². The van der Waals surface area contributed by atoms with Gasteiger partial charge in [-0.15, -0.1) is 12.4 Å². The molecule has 0 amide bonds. The molecule has 1 rings (SSSR count). The highest BCUT2D eigenvalue weighted by molar-refractivity contribution is 5.85. The van der Waals surface area contributed by atoms with E-state index >= 15 is 0 Å². The van der Waals surface area contributed by atoms with Gasteiger partial charge in [0.1, 0.15) is 17.2 Å². The number of nitrogens with two attached hydrogens (primary N) is 2. The summed E-state index contributed by atoms with van der Waals surface area (Å²) in [6.07, 6.45) is 0. The van der Waals surface area contributed by atoms with Crippen LogP contribution in [0.5, 0.6) is 11.5 Å². The normalized spacial score (nSPS) is 8.67. The van der Waals surface area contributed by atoms with Crippen molar-refractivity contribution in [3.63, 3.8) is 0 Å². The number of ether oxygens (including phenoxy) is 2. The molecule has 0 aliphatic rings. The Kier molecular flexibility index (Phi) is 5.33. The average Bonchev–Trinajstić information content (AvgIpc) is 2.16. The standard InChI is InChI=1S/C9H13N3O2.ClH/c1-13-6-3-4-8(14-2)7(5-6)12-9(10)11;/h3-5H,1-2H3,(H4,10,11,12);1H. The molecule has 0 saturated carbocycles. The second kappa shape index (κ2) is 5.98. The number of nitrogens with zero attached hydrogens (tertiary/aromatic N) is 1. The molecule has 1 aromatic rings. The van der Waals surface area contributed by atoms with Gasteiger partial charge in [0, 0.05) is 6.07 Å². The van der Waals surface area contributed by atoms with Crippen molar-refractivity contribution < 1.29 is 9.47 Å². The monoisotopic (exact) mass is 231 g/mol. The lowest BCUT2D eigenvalue weighted by molar-refractivity contribution is 0.404. The lowest BCUT2D eigenvalue weighted by atomic mass is 10.3. The summed E-state index contributed by atoms with van der Waals surface area (Å²) in [5.41, 5.74) is 11.1. The summed E-state index contributed by atoms with van der Waals surface area (Å²) in [6, 6.07) is 5.20. The predicted octanol–water partition coefficient (Wildman–Crippen LogP) is 1.03. The van der Waals surface area contributed by atoms with Gasteiger partial charge in [-0.05, 0) is 12.1 Å². The summed E-state index contributed by atoms with van der Waals surface area (Å²) in [7, 11) is 3.12.